The smallest absolute Gasteiger partial charge is 0.326 e. The lowest BCUT2D eigenvalue weighted by atomic mass is 10.00. The highest BCUT2D eigenvalue weighted by Gasteiger charge is 2.26. The fourth-order valence-electron chi connectivity index (χ4n) is 5.20. The summed E-state index contributed by atoms with van der Waals surface area (Å²) in [4.78, 5) is 36.1. The highest BCUT2D eigenvalue weighted by molar-refractivity contribution is 7.07. The number of carbonyl (C=O) groups excluding carboxylic acids is 1. The highest BCUT2D eigenvalue weighted by atomic mass is 32.1. The molecule has 1 fully saturated rings. The summed E-state index contributed by atoms with van der Waals surface area (Å²) in [5.74, 6) is 0.244. The van der Waals surface area contributed by atoms with Gasteiger partial charge in [0.2, 0.25) is 0 Å². The molecule has 0 unspecified atom stereocenters. The number of likely N-dealkylation sites (tertiary alicyclic amines) is 1. The molecule has 0 radical (unpaired) electrons. The van der Waals surface area contributed by atoms with Gasteiger partial charge in [0.05, 0.1) is 11.2 Å². The SMILES string of the molecule is O=C(N[C@@H](CCN1CC[C@@H](CCc2ccc3c(n2)NCCC3)C1)C(=O)O)c1cccc(-c2cscn2)c1. The van der Waals surface area contributed by atoms with Crippen LogP contribution in [0.2, 0.25) is 0 Å². The summed E-state index contributed by atoms with van der Waals surface area (Å²) in [5.41, 5.74) is 6.27. The first-order valence-corrected chi connectivity index (χ1v) is 14.0. The minimum absolute atomic E-state index is 0.373. The first-order chi connectivity index (χ1) is 18.0. The van der Waals surface area contributed by atoms with Gasteiger partial charge in [0.15, 0.2) is 0 Å². The molecule has 194 valence electrons. The molecule has 1 amide bonds. The Morgan fingerprint density at radius 1 is 1.27 bits per heavy atom. The van der Waals surface area contributed by atoms with Crippen LogP contribution in [0.4, 0.5) is 5.82 Å². The summed E-state index contributed by atoms with van der Waals surface area (Å²) in [7, 11) is 0. The number of hydrogen-bond donors (Lipinski definition) is 3. The third-order valence-electron chi connectivity index (χ3n) is 7.32. The third-order valence-corrected chi connectivity index (χ3v) is 7.91. The molecule has 0 bridgehead atoms. The van der Waals surface area contributed by atoms with E-state index in [4.69, 9.17) is 4.98 Å². The molecule has 4 heterocycles. The molecule has 2 atom stereocenters. The molecule has 0 saturated carbocycles. The largest absolute Gasteiger partial charge is 0.480 e. The van der Waals surface area contributed by atoms with Gasteiger partial charge < -0.3 is 20.6 Å². The van der Waals surface area contributed by atoms with Crippen molar-refractivity contribution in [2.45, 2.75) is 44.6 Å². The van der Waals surface area contributed by atoms with Gasteiger partial charge in [-0.2, -0.15) is 0 Å². The number of carboxylic acid groups (broad SMARTS) is 1. The molecule has 37 heavy (non-hydrogen) atoms. The van der Waals surface area contributed by atoms with Crippen molar-refractivity contribution in [3.63, 3.8) is 0 Å². The summed E-state index contributed by atoms with van der Waals surface area (Å²) in [6, 6.07) is 10.6. The Hall–Kier alpha value is -3.30. The van der Waals surface area contributed by atoms with Crippen molar-refractivity contribution >= 4 is 29.0 Å². The van der Waals surface area contributed by atoms with Crippen molar-refractivity contribution in [2.75, 3.05) is 31.5 Å². The zero-order valence-corrected chi connectivity index (χ0v) is 21.7. The summed E-state index contributed by atoms with van der Waals surface area (Å²) in [6.45, 7) is 3.56. The zero-order chi connectivity index (χ0) is 25.6. The molecular weight excluding hydrogens is 486 g/mol. The van der Waals surface area contributed by atoms with Crippen LogP contribution in [0.1, 0.15) is 47.3 Å². The average Bonchev–Trinajstić information content (AvgIpc) is 3.62. The van der Waals surface area contributed by atoms with Crippen molar-refractivity contribution in [1.29, 1.82) is 0 Å². The molecule has 2 aliphatic heterocycles. The molecule has 2 aliphatic rings. The summed E-state index contributed by atoms with van der Waals surface area (Å²) in [6.07, 6.45) is 5.79. The van der Waals surface area contributed by atoms with Gasteiger partial charge in [-0.25, -0.2) is 14.8 Å². The number of thiazole rings is 1. The maximum atomic E-state index is 12.8. The van der Waals surface area contributed by atoms with Gasteiger partial charge in [-0.15, -0.1) is 11.3 Å². The number of benzene rings is 1. The topological polar surface area (TPSA) is 107 Å². The Bertz CT molecular complexity index is 1230. The van der Waals surface area contributed by atoms with Crippen LogP contribution < -0.4 is 10.6 Å². The number of nitrogens with one attached hydrogen (secondary N) is 2. The van der Waals surface area contributed by atoms with Crippen molar-refractivity contribution in [3.8, 4) is 11.3 Å². The zero-order valence-electron chi connectivity index (χ0n) is 20.9. The number of fused-ring (bicyclic) bond motifs is 1. The van der Waals surface area contributed by atoms with E-state index in [2.05, 4.69) is 32.7 Å². The van der Waals surface area contributed by atoms with Crippen LogP contribution in [-0.2, 0) is 17.6 Å². The number of hydrogen-bond acceptors (Lipinski definition) is 7. The number of aromatic nitrogens is 2. The lowest BCUT2D eigenvalue weighted by Crippen LogP contribution is -2.43. The quantitative estimate of drug-likeness (QED) is 0.370. The second kappa shape index (κ2) is 11.8. The minimum atomic E-state index is -1.01. The number of aliphatic carboxylic acids is 1. The highest BCUT2D eigenvalue weighted by Crippen LogP contribution is 2.24. The van der Waals surface area contributed by atoms with Crippen LogP contribution in [0.15, 0.2) is 47.3 Å². The summed E-state index contributed by atoms with van der Waals surface area (Å²) < 4.78 is 0. The van der Waals surface area contributed by atoms with Gasteiger partial charge in [-0.1, -0.05) is 18.2 Å². The number of aryl methyl sites for hydroxylation is 2. The van der Waals surface area contributed by atoms with Crippen LogP contribution in [0.25, 0.3) is 11.3 Å². The first-order valence-electron chi connectivity index (χ1n) is 13.0. The molecule has 9 heteroatoms. The van der Waals surface area contributed by atoms with Crippen molar-refractivity contribution in [2.24, 2.45) is 5.92 Å². The van der Waals surface area contributed by atoms with Gasteiger partial charge in [0, 0.05) is 41.8 Å². The molecular formula is C28H33N5O3S. The van der Waals surface area contributed by atoms with E-state index in [9.17, 15) is 14.7 Å². The Balaban J connectivity index is 1.09. The molecule has 1 aromatic carbocycles. The standard InChI is InChI=1S/C28H33N5O3S/c34-27(22-4-1-3-21(15-22)25-17-37-18-30-25)32-24(28(35)36)11-14-33-13-10-19(16-33)6-8-23-9-7-20-5-2-12-29-26(20)31-23/h1,3-4,7,9,15,17-19,24H,2,5-6,8,10-14,16H2,(H,29,31)(H,32,34)(H,35,36)/t19-,24+/m1/s1. The van der Waals surface area contributed by atoms with Crippen molar-refractivity contribution in [3.05, 3.63) is 64.1 Å². The van der Waals surface area contributed by atoms with Gasteiger partial charge in [0.25, 0.3) is 5.91 Å². The van der Waals surface area contributed by atoms with Gasteiger partial charge in [-0.05, 0) is 74.8 Å². The van der Waals surface area contributed by atoms with E-state index in [1.807, 2.05) is 11.4 Å². The van der Waals surface area contributed by atoms with E-state index >= 15 is 0 Å². The predicted octanol–water partition coefficient (Wildman–Crippen LogP) is 4.09. The van der Waals surface area contributed by atoms with Crippen LogP contribution in [0, 0.1) is 5.92 Å². The minimum Gasteiger partial charge on any atom is -0.480 e. The Morgan fingerprint density at radius 2 is 2.19 bits per heavy atom. The maximum absolute atomic E-state index is 12.8. The number of anilines is 1. The molecule has 5 rings (SSSR count). The van der Waals surface area contributed by atoms with E-state index in [0.717, 1.165) is 68.1 Å². The number of pyridine rings is 1. The Morgan fingerprint density at radius 3 is 3.03 bits per heavy atom. The van der Waals surface area contributed by atoms with Gasteiger partial charge >= 0.3 is 5.97 Å². The lowest BCUT2D eigenvalue weighted by molar-refractivity contribution is -0.139. The fraction of sp³-hybridized carbons (Fsp3) is 0.429. The monoisotopic (exact) mass is 519 g/mol. The van der Waals surface area contributed by atoms with Crippen LogP contribution in [-0.4, -0.2) is 64.1 Å². The molecule has 0 spiro atoms. The number of carboxylic acids is 1. The van der Waals surface area contributed by atoms with Crippen LogP contribution >= 0.6 is 11.3 Å². The summed E-state index contributed by atoms with van der Waals surface area (Å²) in [5, 5.41) is 17.8. The number of carbonyl (C=O) groups is 2. The Labute approximate surface area is 221 Å². The van der Waals surface area contributed by atoms with E-state index in [1.54, 1.807) is 23.7 Å². The average molecular weight is 520 g/mol. The molecule has 3 aromatic rings. The second-order valence-corrected chi connectivity index (χ2v) is 10.7. The van der Waals surface area contributed by atoms with E-state index < -0.39 is 12.0 Å². The molecule has 8 nitrogen and oxygen atoms in total. The van der Waals surface area contributed by atoms with Crippen molar-refractivity contribution < 1.29 is 14.7 Å². The first kappa shape index (κ1) is 25.4. The normalized spacial score (nSPS) is 18.1. The van der Waals surface area contributed by atoms with E-state index in [0.29, 0.717) is 24.4 Å². The number of nitrogens with zero attached hydrogens (tertiary/aromatic N) is 3. The fourth-order valence-corrected chi connectivity index (χ4v) is 5.76. The van der Waals surface area contributed by atoms with E-state index in [-0.39, 0.29) is 5.91 Å². The molecule has 1 saturated heterocycles. The van der Waals surface area contributed by atoms with Crippen molar-refractivity contribution in [1.82, 2.24) is 20.2 Å². The second-order valence-electron chi connectivity index (χ2n) is 9.94. The molecule has 2 aromatic heterocycles. The number of amides is 1. The number of rotatable bonds is 10. The van der Waals surface area contributed by atoms with Crippen LogP contribution in [0.3, 0.4) is 0 Å². The molecule has 0 aliphatic carbocycles. The summed E-state index contributed by atoms with van der Waals surface area (Å²) >= 11 is 1.49. The lowest BCUT2D eigenvalue weighted by Gasteiger charge is -2.20. The molecule has 3 N–H and O–H groups in total. The van der Waals surface area contributed by atoms with Gasteiger partial charge in [-0.3, -0.25) is 4.79 Å². The Kier molecular flexibility index (Phi) is 8.11. The maximum Gasteiger partial charge on any atom is 0.326 e. The van der Waals surface area contributed by atoms with E-state index in [1.165, 1.54) is 23.3 Å². The van der Waals surface area contributed by atoms with Gasteiger partial charge in [0.1, 0.15) is 11.9 Å². The third kappa shape index (κ3) is 6.53. The predicted molar refractivity (Wildman–Crippen MR) is 145 cm³/mol. The van der Waals surface area contributed by atoms with Crippen LogP contribution in [0.5, 0.6) is 0 Å².